The lowest BCUT2D eigenvalue weighted by Crippen LogP contribution is -2.09. The zero-order valence-corrected chi connectivity index (χ0v) is 9.76. The fourth-order valence-corrected chi connectivity index (χ4v) is 2.00. The van der Waals surface area contributed by atoms with Gasteiger partial charge in [0, 0.05) is 17.0 Å². The second kappa shape index (κ2) is 5.17. The average molecular weight is 236 g/mol. The molecule has 1 N–H and O–H groups in total. The molecule has 0 unspecified atom stereocenters. The Labute approximate surface area is 99.3 Å². The number of pyridine rings is 1. The Hall–Kier alpha value is -1.28. The van der Waals surface area contributed by atoms with E-state index in [-0.39, 0.29) is 5.56 Å². The normalized spacial score (nSPS) is 10.8. The van der Waals surface area contributed by atoms with E-state index >= 15 is 0 Å². The Morgan fingerprint density at radius 3 is 2.81 bits per heavy atom. The van der Waals surface area contributed by atoms with Crippen LogP contribution in [0.5, 0.6) is 0 Å². The second-order valence-electron chi connectivity index (χ2n) is 3.86. The molecule has 0 fully saturated rings. The highest BCUT2D eigenvalue weighted by Gasteiger charge is 2.00. The van der Waals surface area contributed by atoms with Crippen LogP contribution in [0.25, 0.3) is 10.8 Å². The number of hydrogen-bond donors (Lipinski definition) is 1. The highest BCUT2D eigenvalue weighted by molar-refractivity contribution is 6.17. The molecule has 0 spiro atoms. The van der Waals surface area contributed by atoms with Gasteiger partial charge in [-0.05, 0) is 36.8 Å². The highest BCUT2D eigenvalue weighted by atomic mass is 35.5. The summed E-state index contributed by atoms with van der Waals surface area (Å²) in [4.78, 5) is 14.7. The number of rotatable bonds is 4. The lowest BCUT2D eigenvalue weighted by atomic mass is 10.1. The minimum atomic E-state index is -0.000950. The third-order valence-corrected chi connectivity index (χ3v) is 2.91. The molecular formula is C13H14ClNO. The first-order valence-corrected chi connectivity index (χ1v) is 6.01. The SMILES string of the molecule is O=c1[nH]c(CCCCCl)cc2ccccc12. The van der Waals surface area contributed by atoms with E-state index in [9.17, 15) is 4.79 Å². The molecule has 3 heteroatoms. The smallest absolute Gasteiger partial charge is 0.256 e. The molecule has 1 heterocycles. The largest absolute Gasteiger partial charge is 0.326 e. The van der Waals surface area contributed by atoms with Gasteiger partial charge >= 0.3 is 0 Å². The molecule has 1 aromatic heterocycles. The van der Waals surface area contributed by atoms with Crippen LogP contribution in [0.15, 0.2) is 35.1 Å². The predicted octanol–water partition coefficient (Wildman–Crippen LogP) is 3.09. The molecule has 0 bridgehead atoms. The molecular weight excluding hydrogens is 222 g/mol. The van der Waals surface area contributed by atoms with E-state index in [2.05, 4.69) is 4.98 Å². The number of hydrogen-bond acceptors (Lipinski definition) is 1. The van der Waals surface area contributed by atoms with Crippen LogP contribution in [-0.2, 0) is 6.42 Å². The third kappa shape index (κ3) is 2.45. The number of H-pyrrole nitrogens is 1. The van der Waals surface area contributed by atoms with Crippen molar-refractivity contribution in [2.24, 2.45) is 0 Å². The molecule has 0 amide bonds. The quantitative estimate of drug-likeness (QED) is 0.641. The number of alkyl halides is 1. The lowest BCUT2D eigenvalue weighted by molar-refractivity contribution is 0.780. The van der Waals surface area contributed by atoms with Gasteiger partial charge in [0.1, 0.15) is 0 Å². The van der Waals surface area contributed by atoms with E-state index in [4.69, 9.17) is 11.6 Å². The summed E-state index contributed by atoms with van der Waals surface area (Å²) in [7, 11) is 0. The molecule has 0 aliphatic carbocycles. The van der Waals surface area contributed by atoms with E-state index < -0.39 is 0 Å². The Morgan fingerprint density at radius 1 is 1.19 bits per heavy atom. The van der Waals surface area contributed by atoms with Gasteiger partial charge in [0.15, 0.2) is 0 Å². The summed E-state index contributed by atoms with van der Waals surface area (Å²) in [5.74, 6) is 0.678. The molecule has 0 saturated carbocycles. The van der Waals surface area contributed by atoms with Gasteiger partial charge in [-0.3, -0.25) is 4.79 Å². The maximum atomic E-state index is 11.8. The molecule has 0 radical (unpaired) electrons. The van der Waals surface area contributed by atoms with Gasteiger partial charge in [-0.25, -0.2) is 0 Å². The number of unbranched alkanes of at least 4 members (excludes halogenated alkanes) is 1. The maximum Gasteiger partial charge on any atom is 0.256 e. The van der Waals surface area contributed by atoms with Crippen molar-refractivity contribution in [3.63, 3.8) is 0 Å². The lowest BCUT2D eigenvalue weighted by Gasteiger charge is -2.02. The van der Waals surface area contributed by atoms with Crippen molar-refractivity contribution in [1.29, 1.82) is 0 Å². The summed E-state index contributed by atoms with van der Waals surface area (Å²) in [6.07, 6.45) is 2.88. The van der Waals surface area contributed by atoms with Crippen molar-refractivity contribution < 1.29 is 0 Å². The fraction of sp³-hybridized carbons (Fsp3) is 0.308. The van der Waals surface area contributed by atoms with E-state index in [0.717, 1.165) is 35.7 Å². The van der Waals surface area contributed by atoms with Gasteiger partial charge < -0.3 is 4.98 Å². The van der Waals surface area contributed by atoms with Crippen molar-refractivity contribution in [2.45, 2.75) is 19.3 Å². The van der Waals surface area contributed by atoms with Crippen LogP contribution in [0.1, 0.15) is 18.5 Å². The van der Waals surface area contributed by atoms with Crippen LogP contribution >= 0.6 is 11.6 Å². The van der Waals surface area contributed by atoms with Crippen molar-refractivity contribution in [1.82, 2.24) is 4.98 Å². The van der Waals surface area contributed by atoms with Gasteiger partial charge in [0.25, 0.3) is 5.56 Å². The van der Waals surface area contributed by atoms with Crippen LogP contribution < -0.4 is 5.56 Å². The molecule has 2 rings (SSSR count). The second-order valence-corrected chi connectivity index (χ2v) is 4.24. The summed E-state index contributed by atoms with van der Waals surface area (Å²) in [6.45, 7) is 0. The molecule has 0 atom stereocenters. The topological polar surface area (TPSA) is 32.9 Å². The van der Waals surface area contributed by atoms with Crippen molar-refractivity contribution in [2.75, 3.05) is 5.88 Å². The first kappa shape index (κ1) is 11.2. The molecule has 0 saturated heterocycles. The summed E-state index contributed by atoms with van der Waals surface area (Å²) >= 11 is 5.62. The van der Waals surface area contributed by atoms with Crippen molar-refractivity contribution in [3.05, 3.63) is 46.4 Å². The van der Waals surface area contributed by atoms with Gasteiger partial charge in [0.2, 0.25) is 0 Å². The minimum absolute atomic E-state index is 0.000950. The zero-order valence-electron chi connectivity index (χ0n) is 9.00. The van der Waals surface area contributed by atoms with Crippen LogP contribution in [0, 0.1) is 0 Å². The highest BCUT2D eigenvalue weighted by Crippen LogP contribution is 2.11. The predicted molar refractivity (Wildman–Crippen MR) is 68.2 cm³/mol. The zero-order chi connectivity index (χ0) is 11.4. The first-order chi connectivity index (χ1) is 7.81. The molecule has 2 nitrogen and oxygen atoms in total. The van der Waals surface area contributed by atoms with E-state index in [0.29, 0.717) is 5.88 Å². The Balaban J connectivity index is 2.31. The summed E-state index contributed by atoms with van der Waals surface area (Å²) < 4.78 is 0. The first-order valence-electron chi connectivity index (χ1n) is 5.48. The number of aromatic amines is 1. The molecule has 0 aliphatic heterocycles. The third-order valence-electron chi connectivity index (χ3n) is 2.64. The fourth-order valence-electron chi connectivity index (χ4n) is 1.81. The molecule has 84 valence electrons. The minimum Gasteiger partial charge on any atom is -0.326 e. The Morgan fingerprint density at radius 2 is 2.00 bits per heavy atom. The summed E-state index contributed by atoms with van der Waals surface area (Å²) in [5.41, 5.74) is 0.993. The summed E-state index contributed by atoms with van der Waals surface area (Å²) in [6, 6.07) is 9.69. The molecule has 0 aliphatic rings. The van der Waals surface area contributed by atoms with Gasteiger partial charge in [-0.2, -0.15) is 0 Å². The summed E-state index contributed by atoms with van der Waals surface area (Å²) in [5, 5.41) is 1.76. The molecule has 1 aromatic carbocycles. The number of aryl methyl sites for hydroxylation is 1. The van der Waals surface area contributed by atoms with E-state index in [1.807, 2.05) is 30.3 Å². The van der Waals surface area contributed by atoms with Gasteiger partial charge in [0.05, 0.1) is 0 Å². The number of nitrogens with one attached hydrogen (secondary N) is 1. The molecule has 16 heavy (non-hydrogen) atoms. The van der Waals surface area contributed by atoms with Crippen LogP contribution in [-0.4, -0.2) is 10.9 Å². The Bertz CT molecular complexity index is 533. The Kier molecular flexibility index (Phi) is 3.62. The average Bonchev–Trinajstić information content (AvgIpc) is 2.30. The van der Waals surface area contributed by atoms with Crippen LogP contribution in [0.3, 0.4) is 0 Å². The van der Waals surface area contributed by atoms with E-state index in [1.165, 1.54) is 0 Å². The van der Waals surface area contributed by atoms with E-state index in [1.54, 1.807) is 0 Å². The van der Waals surface area contributed by atoms with Crippen LogP contribution in [0.2, 0.25) is 0 Å². The number of fused-ring (bicyclic) bond motifs is 1. The van der Waals surface area contributed by atoms with Crippen molar-refractivity contribution in [3.8, 4) is 0 Å². The van der Waals surface area contributed by atoms with Crippen LogP contribution in [0.4, 0.5) is 0 Å². The number of aromatic nitrogens is 1. The maximum absolute atomic E-state index is 11.8. The number of halogens is 1. The number of benzene rings is 1. The van der Waals surface area contributed by atoms with Gasteiger partial charge in [-0.15, -0.1) is 11.6 Å². The standard InChI is InChI=1S/C13H14ClNO/c14-8-4-3-6-11-9-10-5-1-2-7-12(10)13(16)15-11/h1-2,5,7,9H,3-4,6,8H2,(H,15,16). The monoisotopic (exact) mass is 235 g/mol. The van der Waals surface area contributed by atoms with Gasteiger partial charge in [-0.1, -0.05) is 18.2 Å². The van der Waals surface area contributed by atoms with Crippen molar-refractivity contribution >= 4 is 22.4 Å². The molecule has 2 aromatic rings.